The van der Waals surface area contributed by atoms with Crippen LogP contribution in [-0.4, -0.2) is 36.5 Å². The Kier molecular flexibility index (Phi) is 5.17. The topological polar surface area (TPSA) is 83.5 Å². The zero-order valence-electron chi connectivity index (χ0n) is 10.4. The summed E-state index contributed by atoms with van der Waals surface area (Å²) in [5.41, 5.74) is -1.52. The van der Waals surface area contributed by atoms with Gasteiger partial charge in [-0.15, -0.1) is 0 Å². The van der Waals surface area contributed by atoms with Crippen LogP contribution >= 0.6 is 50.9 Å². The highest BCUT2D eigenvalue weighted by molar-refractivity contribution is 9.10. The van der Waals surface area contributed by atoms with Gasteiger partial charge in [-0.05, 0) is 24.3 Å². The van der Waals surface area contributed by atoms with Gasteiger partial charge in [-0.3, -0.25) is 4.79 Å². The minimum atomic E-state index is -4.15. The Morgan fingerprint density at radius 3 is 2.38 bits per heavy atom. The van der Waals surface area contributed by atoms with Gasteiger partial charge in [-0.2, -0.15) is 16.5 Å². The monoisotopic (exact) mass is 433 g/mol. The summed E-state index contributed by atoms with van der Waals surface area (Å²) < 4.78 is 27.7. The maximum atomic E-state index is 12.5. The third-order valence-corrected chi connectivity index (χ3v) is 7.10. The number of hydrogen-bond donors (Lipinski definition) is 2. The summed E-state index contributed by atoms with van der Waals surface area (Å²) in [5, 5.41) is 9.19. The van der Waals surface area contributed by atoms with Crippen molar-refractivity contribution in [2.45, 2.75) is 16.9 Å². The van der Waals surface area contributed by atoms with E-state index in [4.69, 9.17) is 23.2 Å². The van der Waals surface area contributed by atoms with Crippen molar-refractivity contribution in [1.29, 1.82) is 0 Å². The maximum Gasteiger partial charge on any atom is 0.325 e. The summed E-state index contributed by atoms with van der Waals surface area (Å²) in [5.74, 6) is -0.482. The van der Waals surface area contributed by atoms with Crippen molar-refractivity contribution in [3.05, 3.63) is 26.7 Å². The highest BCUT2D eigenvalue weighted by Gasteiger charge is 2.46. The first-order valence-electron chi connectivity index (χ1n) is 5.68. The molecule has 2 rings (SSSR count). The van der Waals surface area contributed by atoms with E-state index >= 15 is 0 Å². The van der Waals surface area contributed by atoms with Gasteiger partial charge >= 0.3 is 5.97 Å². The molecule has 0 amide bonds. The Bertz CT molecular complexity index is 666. The fourth-order valence-electron chi connectivity index (χ4n) is 1.95. The smallest absolute Gasteiger partial charge is 0.325 e. The molecule has 1 heterocycles. The lowest BCUT2D eigenvalue weighted by molar-refractivity contribution is -0.142. The molecule has 0 aliphatic carbocycles. The first-order chi connectivity index (χ1) is 9.68. The SMILES string of the molecule is O=C(O)C1(NS(=O)(=O)c2c(Cl)cc(Br)cc2Cl)CCSC1. The molecule has 1 unspecified atom stereocenters. The third kappa shape index (κ3) is 3.51. The van der Waals surface area contributed by atoms with Crippen molar-refractivity contribution in [3.63, 3.8) is 0 Å². The Labute approximate surface area is 144 Å². The number of sulfonamides is 1. The van der Waals surface area contributed by atoms with Gasteiger partial charge in [0.1, 0.15) is 10.4 Å². The first kappa shape index (κ1) is 17.4. The molecule has 10 heteroatoms. The largest absolute Gasteiger partial charge is 0.480 e. The zero-order valence-corrected chi connectivity index (χ0v) is 15.1. The van der Waals surface area contributed by atoms with E-state index in [1.165, 1.54) is 23.9 Å². The Morgan fingerprint density at radius 2 is 1.95 bits per heavy atom. The molecule has 0 radical (unpaired) electrons. The normalized spacial score (nSPS) is 22.4. The van der Waals surface area contributed by atoms with E-state index in [1.807, 2.05) is 0 Å². The lowest BCUT2D eigenvalue weighted by Crippen LogP contribution is -2.54. The van der Waals surface area contributed by atoms with Crippen molar-refractivity contribution in [2.24, 2.45) is 0 Å². The van der Waals surface area contributed by atoms with Crippen molar-refractivity contribution >= 4 is 66.9 Å². The Balaban J connectivity index is 2.46. The summed E-state index contributed by atoms with van der Waals surface area (Å²) in [4.78, 5) is 11.1. The summed E-state index contributed by atoms with van der Waals surface area (Å²) in [6.07, 6.45) is 0.206. The molecule has 1 atom stereocenters. The summed E-state index contributed by atoms with van der Waals surface area (Å²) >= 11 is 16.4. The summed E-state index contributed by atoms with van der Waals surface area (Å²) in [7, 11) is -4.15. The molecule has 1 aromatic carbocycles. The average Bonchev–Trinajstić information content (AvgIpc) is 2.75. The number of carboxylic acids is 1. The highest BCUT2D eigenvalue weighted by atomic mass is 79.9. The van der Waals surface area contributed by atoms with Gasteiger partial charge in [-0.25, -0.2) is 8.42 Å². The standard InChI is InChI=1S/C11H10BrCl2NO4S2/c12-6-3-7(13)9(8(14)4-6)21(18,19)15-11(10(16)17)1-2-20-5-11/h3-4,15H,1-2,5H2,(H,16,17). The van der Waals surface area contributed by atoms with E-state index in [0.29, 0.717) is 10.2 Å². The Morgan fingerprint density at radius 1 is 1.38 bits per heavy atom. The minimum absolute atomic E-state index is 0.0759. The van der Waals surface area contributed by atoms with E-state index in [9.17, 15) is 18.3 Å². The van der Waals surface area contributed by atoms with Gasteiger partial charge in [-0.1, -0.05) is 39.1 Å². The Hall–Kier alpha value is 0.01000. The molecule has 1 aromatic rings. The summed E-state index contributed by atoms with van der Waals surface area (Å²) in [6.45, 7) is 0. The van der Waals surface area contributed by atoms with Gasteiger partial charge < -0.3 is 5.11 Å². The quantitative estimate of drug-likeness (QED) is 0.760. The number of carboxylic acid groups (broad SMARTS) is 1. The molecule has 1 fully saturated rings. The van der Waals surface area contributed by atoms with Crippen LogP contribution in [0.5, 0.6) is 0 Å². The molecular formula is C11H10BrCl2NO4S2. The van der Waals surface area contributed by atoms with Crippen molar-refractivity contribution in [2.75, 3.05) is 11.5 Å². The van der Waals surface area contributed by atoms with Crippen LogP contribution in [0.25, 0.3) is 0 Å². The summed E-state index contributed by atoms with van der Waals surface area (Å²) in [6, 6.07) is 2.78. The van der Waals surface area contributed by atoms with Crippen LogP contribution in [0.3, 0.4) is 0 Å². The number of carbonyl (C=O) groups is 1. The molecule has 0 saturated carbocycles. The van der Waals surface area contributed by atoms with Gasteiger partial charge in [0.15, 0.2) is 0 Å². The fourth-order valence-corrected chi connectivity index (χ4v) is 6.70. The van der Waals surface area contributed by atoms with Crippen molar-refractivity contribution in [1.82, 2.24) is 4.72 Å². The number of nitrogens with one attached hydrogen (secondary N) is 1. The van der Waals surface area contributed by atoms with Crippen LogP contribution in [0.4, 0.5) is 0 Å². The molecule has 0 bridgehead atoms. The highest BCUT2D eigenvalue weighted by Crippen LogP contribution is 2.35. The number of rotatable bonds is 4. The first-order valence-corrected chi connectivity index (χ1v) is 9.86. The molecule has 2 N–H and O–H groups in total. The molecule has 1 saturated heterocycles. The van der Waals surface area contributed by atoms with E-state index in [-0.39, 0.29) is 27.1 Å². The third-order valence-electron chi connectivity index (χ3n) is 2.99. The lowest BCUT2D eigenvalue weighted by atomic mass is 10.0. The molecule has 1 aliphatic rings. The van der Waals surface area contributed by atoms with Crippen LogP contribution in [0.2, 0.25) is 10.0 Å². The molecule has 5 nitrogen and oxygen atoms in total. The number of thioether (sulfide) groups is 1. The van der Waals surface area contributed by atoms with Crippen molar-refractivity contribution in [3.8, 4) is 0 Å². The second kappa shape index (κ2) is 6.25. The molecular weight excluding hydrogens is 425 g/mol. The van der Waals surface area contributed by atoms with Crippen molar-refractivity contribution < 1.29 is 18.3 Å². The average molecular weight is 435 g/mol. The number of benzene rings is 1. The van der Waals surface area contributed by atoms with E-state index in [2.05, 4.69) is 20.7 Å². The number of halogens is 3. The molecule has 21 heavy (non-hydrogen) atoms. The molecule has 1 aliphatic heterocycles. The molecule has 0 aromatic heterocycles. The van der Waals surface area contributed by atoms with Crippen LogP contribution in [0.1, 0.15) is 6.42 Å². The van der Waals surface area contributed by atoms with Crippen LogP contribution in [0, 0.1) is 0 Å². The zero-order chi connectivity index (χ0) is 15.8. The maximum absolute atomic E-state index is 12.5. The van der Waals surface area contributed by atoms with Gasteiger partial charge in [0.05, 0.1) is 10.0 Å². The molecule has 0 spiro atoms. The number of aliphatic carboxylic acids is 1. The second-order valence-electron chi connectivity index (χ2n) is 4.49. The number of hydrogen-bond acceptors (Lipinski definition) is 4. The van der Waals surface area contributed by atoms with Gasteiger partial charge in [0, 0.05) is 10.2 Å². The van der Waals surface area contributed by atoms with E-state index in [0.717, 1.165) is 0 Å². The predicted octanol–water partition coefficient (Wildman–Crippen LogP) is 2.99. The fraction of sp³-hybridized carbons (Fsp3) is 0.364. The van der Waals surface area contributed by atoms with Crippen LogP contribution in [-0.2, 0) is 14.8 Å². The van der Waals surface area contributed by atoms with Crippen LogP contribution in [0.15, 0.2) is 21.5 Å². The molecule has 116 valence electrons. The van der Waals surface area contributed by atoms with Crippen LogP contribution < -0.4 is 4.72 Å². The van der Waals surface area contributed by atoms with E-state index in [1.54, 1.807) is 0 Å². The lowest BCUT2D eigenvalue weighted by Gasteiger charge is -2.24. The van der Waals surface area contributed by atoms with Gasteiger partial charge in [0.25, 0.3) is 0 Å². The predicted molar refractivity (Wildman–Crippen MR) is 86.8 cm³/mol. The minimum Gasteiger partial charge on any atom is -0.480 e. The van der Waals surface area contributed by atoms with E-state index < -0.39 is 21.5 Å². The van der Waals surface area contributed by atoms with Gasteiger partial charge in [0.2, 0.25) is 10.0 Å². The second-order valence-corrected chi connectivity index (χ2v) is 8.95.